The molecule has 7 nitrogen and oxygen atoms in total. The normalized spacial score (nSPS) is 11.5. The number of carbonyl (C=O) groups excluding carboxylic acids is 1. The Morgan fingerprint density at radius 2 is 1.84 bits per heavy atom. The molecule has 25 heavy (non-hydrogen) atoms. The first-order valence-corrected chi connectivity index (χ1v) is 9.62. The van der Waals surface area contributed by atoms with Crippen LogP contribution in [0, 0.1) is 13.8 Å². The number of aromatic nitrogens is 2. The zero-order valence-corrected chi connectivity index (χ0v) is 15.8. The Balaban J connectivity index is 2.05. The largest absolute Gasteiger partial charge is 0.352 e. The van der Waals surface area contributed by atoms with Crippen LogP contribution in [-0.2, 0) is 40.6 Å². The molecule has 0 aliphatic rings. The summed E-state index contributed by atoms with van der Waals surface area (Å²) in [5.41, 5.74) is 4.19. The van der Waals surface area contributed by atoms with E-state index in [9.17, 15) is 13.2 Å². The van der Waals surface area contributed by atoms with Gasteiger partial charge < -0.3 is 5.32 Å². The fourth-order valence-electron chi connectivity index (χ4n) is 2.64. The van der Waals surface area contributed by atoms with Crippen molar-refractivity contribution in [3.05, 3.63) is 52.3 Å². The van der Waals surface area contributed by atoms with Gasteiger partial charge in [0.2, 0.25) is 15.9 Å². The molecule has 1 heterocycles. The minimum atomic E-state index is -3.36. The van der Waals surface area contributed by atoms with Crippen LogP contribution in [0.1, 0.15) is 28.1 Å². The SMILES string of the molecule is CNS(=O)(=O)Cc1ccccc1CNC(=O)Cc1c(C)nn(C)c1C. The quantitative estimate of drug-likeness (QED) is 0.765. The van der Waals surface area contributed by atoms with Gasteiger partial charge >= 0.3 is 0 Å². The monoisotopic (exact) mass is 364 g/mol. The van der Waals surface area contributed by atoms with Gasteiger partial charge in [0, 0.05) is 24.8 Å². The average molecular weight is 364 g/mol. The van der Waals surface area contributed by atoms with Crippen LogP contribution >= 0.6 is 0 Å². The number of aryl methyl sites for hydroxylation is 2. The molecule has 0 aliphatic heterocycles. The summed E-state index contributed by atoms with van der Waals surface area (Å²) in [6, 6.07) is 7.19. The minimum Gasteiger partial charge on any atom is -0.352 e. The number of hydrogen-bond donors (Lipinski definition) is 2. The summed E-state index contributed by atoms with van der Waals surface area (Å²) >= 11 is 0. The molecule has 1 aromatic carbocycles. The number of amides is 1. The second-order valence-corrected chi connectivity index (χ2v) is 7.88. The molecule has 0 unspecified atom stereocenters. The Morgan fingerprint density at radius 3 is 2.40 bits per heavy atom. The van der Waals surface area contributed by atoms with Crippen LogP contribution in [0.5, 0.6) is 0 Å². The van der Waals surface area contributed by atoms with Gasteiger partial charge in [-0.25, -0.2) is 13.1 Å². The van der Waals surface area contributed by atoms with Gasteiger partial charge in [-0.1, -0.05) is 24.3 Å². The van der Waals surface area contributed by atoms with E-state index < -0.39 is 10.0 Å². The zero-order chi connectivity index (χ0) is 18.6. The van der Waals surface area contributed by atoms with Crippen molar-refractivity contribution >= 4 is 15.9 Å². The van der Waals surface area contributed by atoms with E-state index in [-0.39, 0.29) is 24.6 Å². The fraction of sp³-hybridized carbons (Fsp3) is 0.412. The lowest BCUT2D eigenvalue weighted by atomic mass is 10.1. The highest BCUT2D eigenvalue weighted by molar-refractivity contribution is 7.88. The summed E-state index contributed by atoms with van der Waals surface area (Å²) in [4.78, 5) is 12.3. The van der Waals surface area contributed by atoms with Crippen LogP contribution in [-0.4, -0.2) is 31.2 Å². The molecular formula is C17H24N4O3S. The first-order valence-electron chi connectivity index (χ1n) is 7.97. The smallest absolute Gasteiger partial charge is 0.224 e. The standard InChI is InChI=1S/C17H24N4O3S/c1-12-16(13(2)21(4)20-12)9-17(22)19-10-14-7-5-6-8-15(14)11-25(23,24)18-3/h5-8,18H,9-11H2,1-4H3,(H,19,22). The predicted molar refractivity (Wildman–Crippen MR) is 96.4 cm³/mol. The molecule has 0 saturated heterocycles. The molecule has 8 heteroatoms. The lowest BCUT2D eigenvalue weighted by Crippen LogP contribution is -2.26. The van der Waals surface area contributed by atoms with Crippen LogP contribution < -0.4 is 10.0 Å². The van der Waals surface area contributed by atoms with Crippen LogP contribution in [0.25, 0.3) is 0 Å². The molecule has 0 spiro atoms. The molecule has 2 aromatic rings. The second kappa shape index (κ2) is 7.79. The highest BCUT2D eigenvalue weighted by Crippen LogP contribution is 2.14. The van der Waals surface area contributed by atoms with E-state index >= 15 is 0 Å². The molecule has 1 amide bonds. The molecule has 2 N–H and O–H groups in total. The molecule has 0 atom stereocenters. The number of sulfonamides is 1. The summed E-state index contributed by atoms with van der Waals surface area (Å²) in [7, 11) is -0.128. The van der Waals surface area contributed by atoms with Crippen molar-refractivity contribution in [1.29, 1.82) is 0 Å². The van der Waals surface area contributed by atoms with Crippen molar-refractivity contribution in [2.75, 3.05) is 7.05 Å². The maximum Gasteiger partial charge on any atom is 0.224 e. The van der Waals surface area contributed by atoms with E-state index in [1.54, 1.807) is 16.8 Å². The van der Waals surface area contributed by atoms with Crippen molar-refractivity contribution in [2.45, 2.75) is 32.6 Å². The van der Waals surface area contributed by atoms with E-state index in [0.29, 0.717) is 5.56 Å². The average Bonchev–Trinajstić information content (AvgIpc) is 2.80. The fourth-order valence-corrected chi connectivity index (χ4v) is 3.47. The van der Waals surface area contributed by atoms with E-state index in [1.807, 2.05) is 33.0 Å². The van der Waals surface area contributed by atoms with Gasteiger partial charge in [-0.2, -0.15) is 5.10 Å². The van der Waals surface area contributed by atoms with Crippen LogP contribution in [0.4, 0.5) is 0 Å². The third-order valence-electron chi connectivity index (χ3n) is 4.25. The highest BCUT2D eigenvalue weighted by Gasteiger charge is 2.15. The third kappa shape index (κ3) is 4.90. The lowest BCUT2D eigenvalue weighted by molar-refractivity contribution is -0.120. The van der Waals surface area contributed by atoms with Crippen molar-refractivity contribution < 1.29 is 13.2 Å². The van der Waals surface area contributed by atoms with E-state index in [4.69, 9.17) is 0 Å². The van der Waals surface area contributed by atoms with Crippen LogP contribution in [0.15, 0.2) is 24.3 Å². The number of hydrogen-bond acceptors (Lipinski definition) is 4. The number of nitrogens with one attached hydrogen (secondary N) is 2. The molecule has 0 bridgehead atoms. The summed E-state index contributed by atoms with van der Waals surface area (Å²) in [6.45, 7) is 4.10. The molecule has 0 radical (unpaired) electrons. The van der Waals surface area contributed by atoms with Crippen molar-refractivity contribution in [3.63, 3.8) is 0 Å². The Hall–Kier alpha value is -2.19. The van der Waals surface area contributed by atoms with Gasteiger partial charge in [0.1, 0.15) is 0 Å². The minimum absolute atomic E-state index is 0.115. The van der Waals surface area contributed by atoms with Gasteiger partial charge in [0.15, 0.2) is 0 Å². The first-order chi connectivity index (χ1) is 11.7. The van der Waals surface area contributed by atoms with Crippen molar-refractivity contribution in [3.8, 4) is 0 Å². The third-order valence-corrected chi connectivity index (χ3v) is 5.56. The summed E-state index contributed by atoms with van der Waals surface area (Å²) < 4.78 is 27.6. The number of nitrogens with zero attached hydrogens (tertiary/aromatic N) is 2. The van der Waals surface area contributed by atoms with Gasteiger partial charge in [-0.15, -0.1) is 0 Å². The van der Waals surface area contributed by atoms with Crippen LogP contribution in [0.2, 0.25) is 0 Å². The molecule has 1 aromatic heterocycles. The summed E-state index contributed by atoms with van der Waals surface area (Å²) in [5.74, 6) is -0.235. The zero-order valence-electron chi connectivity index (χ0n) is 15.0. The highest BCUT2D eigenvalue weighted by atomic mass is 32.2. The van der Waals surface area contributed by atoms with Gasteiger partial charge in [0.25, 0.3) is 0 Å². The Morgan fingerprint density at radius 1 is 1.20 bits per heavy atom. The molecular weight excluding hydrogens is 340 g/mol. The predicted octanol–water partition coefficient (Wildman–Crippen LogP) is 0.945. The molecule has 0 fully saturated rings. The Bertz CT molecular complexity index is 872. The maximum atomic E-state index is 12.3. The van der Waals surface area contributed by atoms with Crippen molar-refractivity contribution in [2.24, 2.45) is 7.05 Å². The lowest BCUT2D eigenvalue weighted by Gasteiger charge is -2.11. The van der Waals surface area contributed by atoms with Gasteiger partial charge in [-0.05, 0) is 32.0 Å². The van der Waals surface area contributed by atoms with Crippen molar-refractivity contribution in [1.82, 2.24) is 19.8 Å². The number of rotatable bonds is 7. The molecule has 136 valence electrons. The van der Waals surface area contributed by atoms with E-state index in [1.165, 1.54) is 7.05 Å². The Kier molecular flexibility index (Phi) is 5.97. The van der Waals surface area contributed by atoms with Gasteiger partial charge in [-0.3, -0.25) is 9.48 Å². The summed E-state index contributed by atoms with van der Waals surface area (Å²) in [6.07, 6.45) is 0.252. The molecule has 2 rings (SSSR count). The second-order valence-electron chi connectivity index (χ2n) is 5.96. The Labute approximate surface area is 148 Å². The summed E-state index contributed by atoms with van der Waals surface area (Å²) in [5, 5.41) is 7.17. The number of benzene rings is 1. The first kappa shape index (κ1) is 19.1. The van der Waals surface area contributed by atoms with Crippen LogP contribution in [0.3, 0.4) is 0 Å². The maximum absolute atomic E-state index is 12.3. The molecule has 0 saturated carbocycles. The topological polar surface area (TPSA) is 93.1 Å². The van der Waals surface area contributed by atoms with E-state index in [0.717, 1.165) is 22.5 Å². The number of carbonyl (C=O) groups is 1. The van der Waals surface area contributed by atoms with Gasteiger partial charge in [0.05, 0.1) is 17.9 Å². The molecule has 0 aliphatic carbocycles. The van der Waals surface area contributed by atoms with E-state index in [2.05, 4.69) is 15.1 Å².